The molecule has 6 aromatic rings. The second-order valence-electron chi connectivity index (χ2n) is 10.5. The van der Waals surface area contributed by atoms with Gasteiger partial charge < -0.3 is 30.3 Å². The highest BCUT2D eigenvalue weighted by Crippen LogP contribution is 2.32. The van der Waals surface area contributed by atoms with Crippen LogP contribution in [0, 0.1) is 0 Å². The summed E-state index contributed by atoms with van der Waals surface area (Å²) in [5.74, 6) is 3.10. The van der Waals surface area contributed by atoms with Crippen LogP contribution in [0.15, 0.2) is 158 Å². The number of nitrogens with one attached hydrogen (secondary N) is 1. The van der Waals surface area contributed by atoms with E-state index in [1.165, 1.54) is 0 Å². The predicted octanol–water partition coefficient (Wildman–Crippen LogP) is 9.87. The van der Waals surface area contributed by atoms with Crippen LogP contribution in [0.1, 0.15) is 0 Å². The molecule has 0 aliphatic rings. The van der Waals surface area contributed by atoms with E-state index >= 15 is 0 Å². The molecule has 0 unspecified atom stereocenters. The quantitative estimate of drug-likeness (QED) is 0.138. The molecule has 0 amide bonds. The number of benzene rings is 6. The van der Waals surface area contributed by atoms with Gasteiger partial charge in [-0.3, -0.25) is 0 Å². The summed E-state index contributed by atoms with van der Waals surface area (Å²) in [4.78, 5) is 4.66. The molecule has 6 nitrogen and oxygen atoms in total. The van der Waals surface area contributed by atoms with Crippen molar-refractivity contribution in [1.29, 1.82) is 0 Å². The van der Waals surface area contributed by atoms with E-state index in [1.54, 1.807) is 0 Å². The van der Waals surface area contributed by atoms with Crippen molar-refractivity contribution in [2.45, 2.75) is 0 Å². The number of nitrogens with zero attached hydrogens (tertiary/aromatic N) is 2. The Morgan fingerprint density at radius 1 is 0.444 bits per heavy atom. The molecule has 0 bridgehead atoms. The summed E-state index contributed by atoms with van der Waals surface area (Å²) in [5, 5.41) is 3.13. The molecule has 0 fully saturated rings. The number of hydrogen-bond donors (Lipinski definition) is 2. The molecule has 45 heavy (non-hydrogen) atoms. The van der Waals surface area contributed by atoms with Crippen LogP contribution in [0.25, 0.3) is 0 Å². The highest BCUT2D eigenvalue weighted by atomic mass is 16.5. The van der Waals surface area contributed by atoms with Gasteiger partial charge in [0.25, 0.3) is 0 Å². The van der Waals surface area contributed by atoms with Gasteiger partial charge in [0.05, 0.1) is 0 Å². The maximum atomic E-state index is 6.11. The van der Waals surface area contributed by atoms with E-state index in [0.29, 0.717) is 5.69 Å². The molecule has 224 valence electrons. The Hall–Kier alpha value is -5.88. The number of nitrogen functional groups attached to an aromatic ring is 1. The molecule has 0 saturated carbocycles. The summed E-state index contributed by atoms with van der Waals surface area (Å²) in [6.07, 6.45) is 0. The van der Waals surface area contributed by atoms with E-state index in [9.17, 15) is 0 Å². The molecule has 0 saturated heterocycles. The van der Waals surface area contributed by atoms with Crippen molar-refractivity contribution in [2.24, 2.45) is 0 Å². The molecule has 0 aromatic heterocycles. The summed E-state index contributed by atoms with van der Waals surface area (Å²) in [5.41, 5.74) is 12.0. The molecule has 0 spiro atoms. The minimum Gasteiger partial charge on any atom is -0.457 e. The molecule has 6 heteroatoms. The minimum atomic E-state index is 0.709. The third-order valence-electron chi connectivity index (χ3n) is 7.47. The fourth-order valence-corrected chi connectivity index (χ4v) is 5.12. The zero-order valence-electron chi connectivity index (χ0n) is 25.2. The van der Waals surface area contributed by atoms with Gasteiger partial charge in [-0.1, -0.05) is 36.4 Å². The molecule has 0 aliphatic carbocycles. The summed E-state index contributed by atoms with van der Waals surface area (Å²) in [6.45, 7) is 1.49. The summed E-state index contributed by atoms with van der Waals surface area (Å²) in [7, 11) is 1.90. The number of para-hydroxylation sites is 2. The molecular formula is C39H36N4O2. The molecule has 3 N–H and O–H groups in total. The SMILES string of the molecule is CNc1ccc(Oc2ccc(N(CCN(c3ccccc3)c3ccc(Oc4ccc(N)cc4)cc3)c3ccccc3)cc2)cc1. The Morgan fingerprint density at radius 2 is 0.778 bits per heavy atom. The van der Waals surface area contributed by atoms with Gasteiger partial charge in [0.2, 0.25) is 0 Å². The fourth-order valence-electron chi connectivity index (χ4n) is 5.12. The highest BCUT2D eigenvalue weighted by Gasteiger charge is 2.15. The van der Waals surface area contributed by atoms with E-state index in [1.807, 2.05) is 92.0 Å². The Morgan fingerprint density at radius 3 is 1.16 bits per heavy atom. The first-order valence-electron chi connectivity index (χ1n) is 15.0. The van der Waals surface area contributed by atoms with E-state index < -0.39 is 0 Å². The third kappa shape index (κ3) is 7.56. The van der Waals surface area contributed by atoms with Crippen LogP contribution in [-0.4, -0.2) is 20.1 Å². The van der Waals surface area contributed by atoms with Crippen LogP contribution in [-0.2, 0) is 0 Å². The van der Waals surface area contributed by atoms with Gasteiger partial charge in [-0.15, -0.1) is 0 Å². The van der Waals surface area contributed by atoms with Crippen molar-refractivity contribution in [2.75, 3.05) is 41.0 Å². The molecule has 6 rings (SSSR count). The van der Waals surface area contributed by atoms with Crippen molar-refractivity contribution < 1.29 is 9.47 Å². The Bertz CT molecular complexity index is 1760. The van der Waals surface area contributed by atoms with Gasteiger partial charge in [0.15, 0.2) is 0 Å². The molecule has 0 heterocycles. The van der Waals surface area contributed by atoms with Crippen molar-refractivity contribution in [1.82, 2.24) is 0 Å². The molecule has 6 aromatic carbocycles. The fraction of sp³-hybridized carbons (Fsp3) is 0.0769. The van der Waals surface area contributed by atoms with Gasteiger partial charge in [-0.2, -0.15) is 0 Å². The topological polar surface area (TPSA) is 63.0 Å². The zero-order chi connectivity index (χ0) is 30.8. The van der Waals surface area contributed by atoms with E-state index in [-0.39, 0.29) is 0 Å². The van der Waals surface area contributed by atoms with E-state index in [0.717, 1.165) is 64.5 Å². The first-order chi connectivity index (χ1) is 22.1. The Labute approximate surface area is 264 Å². The predicted molar refractivity (Wildman–Crippen MR) is 187 cm³/mol. The Kier molecular flexibility index (Phi) is 9.12. The van der Waals surface area contributed by atoms with Gasteiger partial charge in [-0.25, -0.2) is 0 Å². The highest BCUT2D eigenvalue weighted by molar-refractivity contribution is 5.67. The van der Waals surface area contributed by atoms with E-state index in [2.05, 4.69) is 87.9 Å². The van der Waals surface area contributed by atoms with Crippen molar-refractivity contribution in [3.63, 3.8) is 0 Å². The molecular weight excluding hydrogens is 556 g/mol. The largest absolute Gasteiger partial charge is 0.457 e. The summed E-state index contributed by atoms with van der Waals surface area (Å²) < 4.78 is 12.2. The average molecular weight is 593 g/mol. The minimum absolute atomic E-state index is 0.709. The molecule has 0 aliphatic heterocycles. The van der Waals surface area contributed by atoms with Crippen molar-refractivity contribution in [3.05, 3.63) is 158 Å². The van der Waals surface area contributed by atoms with Crippen LogP contribution in [0.5, 0.6) is 23.0 Å². The molecule has 0 atom stereocenters. The van der Waals surface area contributed by atoms with Crippen molar-refractivity contribution in [3.8, 4) is 23.0 Å². The van der Waals surface area contributed by atoms with E-state index in [4.69, 9.17) is 15.2 Å². The second-order valence-corrected chi connectivity index (χ2v) is 10.5. The van der Waals surface area contributed by atoms with Gasteiger partial charge >= 0.3 is 0 Å². The van der Waals surface area contributed by atoms with Crippen LogP contribution < -0.4 is 30.3 Å². The first kappa shape index (κ1) is 29.2. The monoisotopic (exact) mass is 592 g/mol. The standard InChI is InChI=1S/C39H36N4O2/c1-41-31-14-22-37(23-15-31)45-39-26-18-35(19-27-39)43(33-10-6-3-7-11-33)29-28-42(32-8-4-2-5-9-32)34-16-24-38(25-17-34)44-36-20-12-30(40)13-21-36/h2-27,41H,28-29,40H2,1H3. The number of hydrogen-bond acceptors (Lipinski definition) is 6. The van der Waals surface area contributed by atoms with Crippen LogP contribution in [0.2, 0.25) is 0 Å². The lowest BCUT2D eigenvalue weighted by Crippen LogP contribution is -2.30. The van der Waals surface area contributed by atoms with Gasteiger partial charge in [-0.05, 0) is 121 Å². The maximum absolute atomic E-state index is 6.11. The normalized spacial score (nSPS) is 10.6. The van der Waals surface area contributed by atoms with Crippen molar-refractivity contribution >= 4 is 34.1 Å². The van der Waals surface area contributed by atoms with Crippen LogP contribution in [0.4, 0.5) is 34.1 Å². The molecule has 0 radical (unpaired) electrons. The lowest BCUT2D eigenvalue weighted by molar-refractivity contribution is 0.482. The summed E-state index contributed by atoms with van der Waals surface area (Å²) in [6, 6.07) is 52.7. The van der Waals surface area contributed by atoms with Crippen LogP contribution in [0.3, 0.4) is 0 Å². The Balaban J connectivity index is 1.22. The lowest BCUT2D eigenvalue weighted by Gasteiger charge is -2.31. The van der Waals surface area contributed by atoms with Crippen LogP contribution >= 0.6 is 0 Å². The maximum Gasteiger partial charge on any atom is 0.127 e. The first-order valence-corrected chi connectivity index (χ1v) is 15.0. The number of ether oxygens (including phenoxy) is 2. The second kappa shape index (κ2) is 14.1. The number of nitrogens with two attached hydrogens (primary N) is 1. The number of anilines is 6. The van der Waals surface area contributed by atoms with Gasteiger partial charge in [0, 0.05) is 54.3 Å². The lowest BCUT2D eigenvalue weighted by atomic mass is 10.2. The average Bonchev–Trinajstić information content (AvgIpc) is 3.10. The third-order valence-corrected chi connectivity index (χ3v) is 7.47. The smallest absolute Gasteiger partial charge is 0.127 e. The van der Waals surface area contributed by atoms with Gasteiger partial charge in [0.1, 0.15) is 23.0 Å². The zero-order valence-corrected chi connectivity index (χ0v) is 25.2. The number of rotatable bonds is 12. The summed E-state index contributed by atoms with van der Waals surface area (Å²) >= 11 is 0.